The molecule has 1 rings (SSSR count). The van der Waals surface area contributed by atoms with Crippen molar-refractivity contribution in [2.24, 2.45) is 5.11 Å². The van der Waals surface area contributed by atoms with E-state index < -0.39 is 5.97 Å². The standard InChI is InChI=1S/C5H6N4O2S/c6-7-5-9-8-3(12-5)1-2-4(10)11/h6H,1-2H2,(H,10,11). The Morgan fingerprint density at radius 3 is 2.92 bits per heavy atom. The Labute approximate surface area is 71.8 Å². The van der Waals surface area contributed by atoms with Crippen molar-refractivity contribution in [3.05, 3.63) is 5.01 Å². The first-order chi connectivity index (χ1) is 5.72. The summed E-state index contributed by atoms with van der Waals surface area (Å²) in [6, 6.07) is 0. The van der Waals surface area contributed by atoms with Crippen LogP contribution in [0.15, 0.2) is 5.11 Å². The largest absolute Gasteiger partial charge is 0.481 e. The second-order valence-electron chi connectivity index (χ2n) is 1.98. The number of aryl methyl sites for hydroxylation is 1. The zero-order chi connectivity index (χ0) is 8.97. The van der Waals surface area contributed by atoms with Crippen LogP contribution in [0.2, 0.25) is 0 Å². The summed E-state index contributed by atoms with van der Waals surface area (Å²) >= 11 is 1.14. The summed E-state index contributed by atoms with van der Waals surface area (Å²) < 4.78 is 0. The second kappa shape index (κ2) is 3.86. The van der Waals surface area contributed by atoms with Crippen LogP contribution >= 0.6 is 11.3 Å². The lowest BCUT2D eigenvalue weighted by atomic mass is 10.3. The molecule has 1 heterocycles. The van der Waals surface area contributed by atoms with Crippen molar-refractivity contribution < 1.29 is 9.90 Å². The van der Waals surface area contributed by atoms with Gasteiger partial charge in [0.15, 0.2) is 0 Å². The molecule has 0 fully saturated rings. The number of hydrogen-bond acceptors (Lipinski definition) is 6. The fourth-order valence-electron chi connectivity index (χ4n) is 0.605. The van der Waals surface area contributed by atoms with E-state index in [0.29, 0.717) is 11.4 Å². The van der Waals surface area contributed by atoms with Gasteiger partial charge in [-0.1, -0.05) is 11.3 Å². The molecule has 0 aromatic carbocycles. The van der Waals surface area contributed by atoms with Gasteiger partial charge >= 0.3 is 5.97 Å². The topological polar surface area (TPSA) is 99.3 Å². The van der Waals surface area contributed by atoms with Crippen molar-refractivity contribution in [1.82, 2.24) is 10.2 Å². The molecule has 2 N–H and O–H groups in total. The SMILES string of the molecule is N=Nc1nnc(CCC(=O)O)s1. The molecule has 0 aliphatic rings. The average molecular weight is 186 g/mol. The number of hydrogen-bond donors (Lipinski definition) is 2. The number of carboxylic acid groups (broad SMARTS) is 1. The van der Waals surface area contributed by atoms with E-state index >= 15 is 0 Å². The molecule has 1 aromatic rings. The molecule has 64 valence electrons. The molecule has 0 saturated carbocycles. The molecular weight excluding hydrogens is 180 g/mol. The van der Waals surface area contributed by atoms with Crippen LogP contribution in [0.3, 0.4) is 0 Å². The molecule has 0 aliphatic heterocycles. The zero-order valence-electron chi connectivity index (χ0n) is 6.02. The van der Waals surface area contributed by atoms with Crippen molar-refractivity contribution in [3.8, 4) is 0 Å². The van der Waals surface area contributed by atoms with Crippen molar-refractivity contribution in [2.75, 3.05) is 0 Å². The van der Waals surface area contributed by atoms with Crippen molar-refractivity contribution in [2.45, 2.75) is 12.8 Å². The molecule has 0 unspecified atom stereocenters. The summed E-state index contributed by atoms with van der Waals surface area (Å²) in [6.45, 7) is 0. The molecular formula is C5H6N4O2S. The maximum Gasteiger partial charge on any atom is 0.303 e. The van der Waals surface area contributed by atoms with Crippen LogP contribution in [0.25, 0.3) is 0 Å². The fraction of sp³-hybridized carbons (Fsp3) is 0.400. The number of nitrogens with one attached hydrogen (secondary N) is 1. The highest BCUT2D eigenvalue weighted by Crippen LogP contribution is 2.18. The summed E-state index contributed by atoms with van der Waals surface area (Å²) in [7, 11) is 0. The molecule has 12 heavy (non-hydrogen) atoms. The summed E-state index contributed by atoms with van der Waals surface area (Å²) in [5, 5.41) is 19.4. The Balaban J connectivity index is 2.52. The Bertz CT molecular complexity index is 297. The summed E-state index contributed by atoms with van der Waals surface area (Å²) in [5.41, 5.74) is 6.59. The van der Waals surface area contributed by atoms with E-state index in [9.17, 15) is 4.79 Å². The van der Waals surface area contributed by atoms with E-state index in [1.165, 1.54) is 0 Å². The molecule has 1 aromatic heterocycles. The predicted octanol–water partition coefficient (Wildman–Crippen LogP) is 1.22. The van der Waals surface area contributed by atoms with Gasteiger partial charge in [-0.05, 0) is 0 Å². The van der Waals surface area contributed by atoms with E-state index in [1.807, 2.05) is 0 Å². The van der Waals surface area contributed by atoms with Gasteiger partial charge in [0.2, 0.25) is 0 Å². The van der Waals surface area contributed by atoms with Gasteiger partial charge in [-0.25, -0.2) is 5.53 Å². The highest BCUT2D eigenvalue weighted by atomic mass is 32.1. The fourth-order valence-corrected chi connectivity index (χ4v) is 1.23. The minimum atomic E-state index is -0.866. The minimum absolute atomic E-state index is 0.0344. The Kier molecular flexibility index (Phi) is 2.81. The van der Waals surface area contributed by atoms with Crippen LogP contribution in [0.1, 0.15) is 11.4 Å². The van der Waals surface area contributed by atoms with E-state index in [-0.39, 0.29) is 11.6 Å². The van der Waals surface area contributed by atoms with Crippen molar-refractivity contribution in [3.63, 3.8) is 0 Å². The van der Waals surface area contributed by atoms with Crippen LogP contribution in [0.4, 0.5) is 5.13 Å². The third kappa shape index (κ3) is 2.35. The number of carboxylic acids is 1. The van der Waals surface area contributed by atoms with Crippen LogP contribution in [-0.4, -0.2) is 21.3 Å². The first-order valence-corrected chi connectivity index (χ1v) is 3.95. The van der Waals surface area contributed by atoms with Crippen LogP contribution in [0.5, 0.6) is 0 Å². The van der Waals surface area contributed by atoms with Crippen molar-refractivity contribution >= 4 is 22.4 Å². The van der Waals surface area contributed by atoms with Gasteiger partial charge in [-0.3, -0.25) is 4.79 Å². The quantitative estimate of drug-likeness (QED) is 0.690. The van der Waals surface area contributed by atoms with Gasteiger partial charge in [0.1, 0.15) is 5.01 Å². The van der Waals surface area contributed by atoms with E-state index in [4.69, 9.17) is 10.6 Å². The van der Waals surface area contributed by atoms with E-state index in [1.54, 1.807) is 0 Å². The summed E-state index contributed by atoms with van der Waals surface area (Å²) in [4.78, 5) is 10.1. The van der Waals surface area contributed by atoms with E-state index in [2.05, 4.69) is 15.3 Å². The lowest BCUT2D eigenvalue weighted by Gasteiger charge is -1.87. The Morgan fingerprint density at radius 2 is 2.42 bits per heavy atom. The summed E-state index contributed by atoms with van der Waals surface area (Å²) in [6.07, 6.45) is 0.384. The molecule has 6 nitrogen and oxygen atoms in total. The molecule has 0 aliphatic carbocycles. The molecule has 0 bridgehead atoms. The number of rotatable bonds is 4. The summed E-state index contributed by atoms with van der Waals surface area (Å²) in [5.74, 6) is -0.866. The molecule has 0 radical (unpaired) electrons. The lowest BCUT2D eigenvalue weighted by Crippen LogP contribution is -1.96. The third-order valence-corrected chi connectivity index (χ3v) is 1.98. The van der Waals surface area contributed by atoms with Crippen LogP contribution in [-0.2, 0) is 11.2 Å². The molecule has 0 saturated heterocycles. The van der Waals surface area contributed by atoms with Gasteiger partial charge in [-0.15, -0.1) is 15.3 Å². The minimum Gasteiger partial charge on any atom is -0.481 e. The maximum atomic E-state index is 10.1. The van der Waals surface area contributed by atoms with Crippen molar-refractivity contribution in [1.29, 1.82) is 5.53 Å². The first kappa shape index (κ1) is 8.72. The number of nitrogens with zero attached hydrogens (tertiary/aromatic N) is 3. The molecule has 0 amide bonds. The van der Waals surface area contributed by atoms with Gasteiger partial charge < -0.3 is 5.11 Å². The maximum absolute atomic E-state index is 10.1. The van der Waals surface area contributed by atoms with Gasteiger partial charge in [-0.2, -0.15) is 0 Å². The zero-order valence-corrected chi connectivity index (χ0v) is 6.84. The highest BCUT2D eigenvalue weighted by molar-refractivity contribution is 7.14. The van der Waals surface area contributed by atoms with Crippen LogP contribution < -0.4 is 0 Å². The average Bonchev–Trinajstić information content (AvgIpc) is 2.48. The monoisotopic (exact) mass is 186 g/mol. The molecule has 7 heteroatoms. The second-order valence-corrected chi connectivity index (χ2v) is 3.02. The third-order valence-electron chi connectivity index (χ3n) is 1.10. The number of carbonyl (C=O) groups is 1. The Hall–Kier alpha value is -1.37. The lowest BCUT2D eigenvalue weighted by molar-refractivity contribution is -0.136. The number of aromatic nitrogens is 2. The first-order valence-electron chi connectivity index (χ1n) is 3.14. The van der Waals surface area contributed by atoms with E-state index in [0.717, 1.165) is 11.3 Å². The highest BCUT2D eigenvalue weighted by Gasteiger charge is 2.04. The van der Waals surface area contributed by atoms with Gasteiger partial charge in [0.05, 0.1) is 6.42 Å². The number of aliphatic carboxylic acids is 1. The smallest absolute Gasteiger partial charge is 0.303 e. The van der Waals surface area contributed by atoms with Gasteiger partial charge in [0.25, 0.3) is 5.13 Å². The van der Waals surface area contributed by atoms with Crippen LogP contribution in [0, 0.1) is 5.53 Å². The predicted molar refractivity (Wildman–Crippen MR) is 40.7 cm³/mol. The Morgan fingerprint density at radius 1 is 1.67 bits per heavy atom. The molecule has 0 atom stereocenters. The normalized spacial score (nSPS) is 9.67. The molecule has 0 spiro atoms. The van der Waals surface area contributed by atoms with Gasteiger partial charge in [0, 0.05) is 6.42 Å².